The van der Waals surface area contributed by atoms with E-state index in [1.54, 1.807) is 42.9 Å². The number of aromatic nitrogens is 5. The molecule has 0 fully saturated rings. The second-order valence-electron chi connectivity index (χ2n) is 9.60. The fourth-order valence-electron chi connectivity index (χ4n) is 5.04. The smallest absolute Gasteiger partial charge is 0.261 e. The number of hydrogen-bond acceptors (Lipinski definition) is 9. The molecule has 0 N–H and O–H groups in total. The Morgan fingerprint density at radius 1 is 1.18 bits per heavy atom. The number of imidazole rings is 1. The van der Waals surface area contributed by atoms with E-state index in [1.165, 1.54) is 16.6 Å². The summed E-state index contributed by atoms with van der Waals surface area (Å²) in [4.78, 5) is 10.6. The lowest BCUT2D eigenvalue weighted by atomic mass is 9.95. The van der Waals surface area contributed by atoms with Crippen molar-refractivity contribution >= 4 is 50.1 Å². The average molecular weight is 591 g/mol. The lowest BCUT2D eigenvalue weighted by Crippen LogP contribution is -2.50. The largest absolute Gasteiger partial charge is 0.364 e. The van der Waals surface area contributed by atoms with Gasteiger partial charge in [-0.2, -0.15) is 18.3 Å². The van der Waals surface area contributed by atoms with Crippen LogP contribution in [0.25, 0.3) is 11.0 Å². The first-order chi connectivity index (χ1) is 19.3. The molecular formula is C27H23ClN8O2S2. The van der Waals surface area contributed by atoms with E-state index < -0.39 is 16.1 Å². The Bertz CT molecular complexity index is 1850. The van der Waals surface area contributed by atoms with Crippen LogP contribution in [0, 0.1) is 11.3 Å². The van der Waals surface area contributed by atoms with Gasteiger partial charge in [-0.25, -0.2) is 18.4 Å². The van der Waals surface area contributed by atoms with Crippen LogP contribution in [0.3, 0.4) is 0 Å². The van der Waals surface area contributed by atoms with Gasteiger partial charge in [0.05, 0.1) is 41.9 Å². The molecular weight excluding hydrogens is 568 g/mol. The SMILES string of the molecule is Cn1cncc1CN1CC(N(Cc2cc3nsnc3cc2Cl)S(=O)(=O)c2ccccn2)Cc2cc(C#N)ccc21. The van der Waals surface area contributed by atoms with Gasteiger partial charge >= 0.3 is 0 Å². The standard InChI is InChI=1S/C27H23ClN8O2S2/c1-34-17-30-13-22(34)16-35-15-21(9-19-8-18(12-29)5-6-26(19)35)36(40(37,38)27-4-2-3-7-31-27)14-20-10-24-25(11-23(20)28)33-39-32-24/h2-8,10-11,13,17,21H,9,14-16H2,1H3. The van der Waals surface area contributed by atoms with Gasteiger partial charge in [0.25, 0.3) is 10.0 Å². The predicted octanol–water partition coefficient (Wildman–Crippen LogP) is 4.17. The summed E-state index contributed by atoms with van der Waals surface area (Å²) in [7, 11) is -2.12. The zero-order valence-electron chi connectivity index (χ0n) is 21.3. The Kier molecular flexibility index (Phi) is 6.97. The van der Waals surface area contributed by atoms with Crippen molar-refractivity contribution in [1.82, 2.24) is 27.6 Å². The Hall–Kier alpha value is -3.89. The van der Waals surface area contributed by atoms with E-state index in [2.05, 4.69) is 29.7 Å². The molecule has 0 radical (unpaired) electrons. The van der Waals surface area contributed by atoms with E-state index in [4.69, 9.17) is 11.6 Å². The van der Waals surface area contributed by atoms with Gasteiger partial charge in [-0.1, -0.05) is 17.7 Å². The van der Waals surface area contributed by atoms with E-state index in [0.29, 0.717) is 46.7 Å². The van der Waals surface area contributed by atoms with Gasteiger partial charge < -0.3 is 9.47 Å². The van der Waals surface area contributed by atoms with Gasteiger partial charge in [0.2, 0.25) is 0 Å². The molecule has 13 heteroatoms. The van der Waals surface area contributed by atoms with Gasteiger partial charge in [-0.15, -0.1) is 0 Å². The van der Waals surface area contributed by atoms with Crippen molar-refractivity contribution in [3.8, 4) is 6.07 Å². The molecule has 6 rings (SSSR count). The summed E-state index contributed by atoms with van der Waals surface area (Å²) < 4.78 is 40.3. The van der Waals surface area contributed by atoms with Crippen LogP contribution in [0.2, 0.25) is 5.02 Å². The highest BCUT2D eigenvalue weighted by Gasteiger charge is 2.37. The molecule has 4 heterocycles. The number of rotatable bonds is 7. The Morgan fingerprint density at radius 2 is 2.00 bits per heavy atom. The molecule has 0 aliphatic carbocycles. The van der Waals surface area contributed by atoms with E-state index in [0.717, 1.165) is 28.7 Å². The molecule has 1 aliphatic heterocycles. The second kappa shape index (κ2) is 10.6. The molecule has 0 saturated carbocycles. The molecule has 0 bridgehead atoms. The fraction of sp³-hybridized carbons (Fsp3) is 0.222. The van der Waals surface area contributed by atoms with Crippen molar-refractivity contribution in [1.29, 1.82) is 5.26 Å². The zero-order valence-corrected chi connectivity index (χ0v) is 23.7. The van der Waals surface area contributed by atoms with Crippen LogP contribution >= 0.6 is 23.3 Å². The Labute approximate surface area is 240 Å². The monoisotopic (exact) mass is 590 g/mol. The zero-order chi connectivity index (χ0) is 27.9. The number of benzene rings is 2. The van der Waals surface area contributed by atoms with E-state index in [9.17, 15) is 13.7 Å². The highest BCUT2D eigenvalue weighted by molar-refractivity contribution is 7.89. The molecule has 202 valence electrons. The fourth-order valence-corrected chi connectivity index (χ4v) is 7.30. The van der Waals surface area contributed by atoms with Crippen LogP contribution < -0.4 is 4.90 Å². The lowest BCUT2D eigenvalue weighted by Gasteiger charge is -2.40. The molecule has 1 unspecified atom stereocenters. The summed E-state index contributed by atoms with van der Waals surface area (Å²) in [6.45, 7) is 0.942. The molecule has 0 amide bonds. The quantitative estimate of drug-likeness (QED) is 0.277. The third-order valence-electron chi connectivity index (χ3n) is 7.07. The number of nitriles is 1. The van der Waals surface area contributed by atoms with Gasteiger partial charge in [-0.3, -0.25) is 0 Å². The maximum Gasteiger partial charge on any atom is 0.261 e. The van der Waals surface area contributed by atoms with Crippen molar-refractivity contribution in [2.45, 2.75) is 30.6 Å². The molecule has 10 nitrogen and oxygen atoms in total. The first kappa shape index (κ1) is 26.3. The number of sulfonamides is 1. The average Bonchev–Trinajstić information content (AvgIpc) is 3.59. The number of aryl methyl sites for hydroxylation is 1. The molecule has 0 saturated heterocycles. The van der Waals surface area contributed by atoms with Crippen molar-refractivity contribution in [3.05, 3.63) is 94.7 Å². The van der Waals surface area contributed by atoms with E-state index >= 15 is 0 Å². The minimum atomic E-state index is -4.05. The van der Waals surface area contributed by atoms with Crippen molar-refractivity contribution in [3.63, 3.8) is 0 Å². The van der Waals surface area contributed by atoms with Crippen LogP contribution in [-0.4, -0.2) is 48.6 Å². The maximum atomic E-state index is 14.2. The number of hydrogen-bond donors (Lipinski definition) is 0. The molecule has 0 spiro atoms. The number of fused-ring (bicyclic) bond motifs is 2. The predicted molar refractivity (Wildman–Crippen MR) is 152 cm³/mol. The van der Waals surface area contributed by atoms with Crippen LogP contribution in [-0.2, 0) is 36.6 Å². The molecule has 1 atom stereocenters. The van der Waals surface area contributed by atoms with E-state index in [1.807, 2.05) is 23.7 Å². The first-order valence-electron chi connectivity index (χ1n) is 12.4. The van der Waals surface area contributed by atoms with Crippen LogP contribution in [0.4, 0.5) is 5.69 Å². The molecule has 2 aromatic carbocycles. The van der Waals surface area contributed by atoms with Gasteiger partial charge in [-0.05, 0) is 60.0 Å². The third-order valence-corrected chi connectivity index (χ3v) is 9.79. The van der Waals surface area contributed by atoms with Crippen LogP contribution in [0.1, 0.15) is 22.4 Å². The summed E-state index contributed by atoms with van der Waals surface area (Å²) in [6.07, 6.45) is 5.41. The summed E-state index contributed by atoms with van der Waals surface area (Å²) >= 11 is 7.72. The highest BCUT2D eigenvalue weighted by Crippen LogP contribution is 2.35. The Balaban J connectivity index is 1.45. The third kappa shape index (κ3) is 4.93. The summed E-state index contributed by atoms with van der Waals surface area (Å²) in [5.74, 6) is 0. The first-order valence-corrected chi connectivity index (χ1v) is 14.9. The van der Waals surface area contributed by atoms with Crippen LogP contribution in [0.15, 0.2) is 72.3 Å². The minimum absolute atomic E-state index is 0.0166. The van der Waals surface area contributed by atoms with Crippen molar-refractivity contribution in [2.75, 3.05) is 11.4 Å². The number of anilines is 1. The number of nitrogens with zero attached hydrogens (tertiary/aromatic N) is 8. The van der Waals surface area contributed by atoms with Crippen molar-refractivity contribution < 1.29 is 8.42 Å². The second-order valence-corrected chi connectivity index (χ2v) is 12.4. The van der Waals surface area contributed by atoms with Gasteiger partial charge in [0.15, 0.2) is 5.03 Å². The lowest BCUT2D eigenvalue weighted by molar-refractivity contribution is 0.301. The van der Waals surface area contributed by atoms with Gasteiger partial charge in [0.1, 0.15) is 11.0 Å². The molecule has 40 heavy (non-hydrogen) atoms. The number of pyridine rings is 1. The van der Waals surface area contributed by atoms with E-state index in [-0.39, 0.29) is 11.6 Å². The topological polar surface area (TPSA) is 121 Å². The summed E-state index contributed by atoms with van der Waals surface area (Å²) in [6, 6.07) is 15.6. The van der Waals surface area contributed by atoms with Gasteiger partial charge in [0, 0.05) is 49.3 Å². The van der Waals surface area contributed by atoms with Crippen molar-refractivity contribution in [2.24, 2.45) is 7.05 Å². The molecule has 1 aliphatic rings. The minimum Gasteiger partial charge on any atom is -0.364 e. The summed E-state index contributed by atoms with van der Waals surface area (Å²) in [5, 5.41) is 9.95. The maximum absolute atomic E-state index is 14.2. The molecule has 3 aromatic heterocycles. The van der Waals surface area contributed by atoms with Crippen LogP contribution in [0.5, 0.6) is 0 Å². The number of halogens is 1. The Morgan fingerprint density at radius 3 is 2.73 bits per heavy atom. The normalized spacial score (nSPS) is 15.3. The summed E-state index contributed by atoms with van der Waals surface area (Å²) in [5.41, 5.74) is 5.28. The molecule has 5 aromatic rings. The highest BCUT2D eigenvalue weighted by atomic mass is 35.5.